The Bertz CT molecular complexity index is 726. The largest absolute Gasteiger partial charge is 0.476 e. The number of aromatic nitrogens is 3. The summed E-state index contributed by atoms with van der Waals surface area (Å²) >= 11 is 0. The molecular weight excluding hydrogens is 276 g/mol. The van der Waals surface area contributed by atoms with E-state index in [1.54, 1.807) is 18.3 Å². The molecule has 2 aromatic rings. The standard InChI is InChI=1S/C13H12N4O4/c18-9(4-8-17-7-2-1-3-10(17)19)16-12-11(13(20)21)14-5-6-15-12/h1-3,5-7H,4,8H2,(H,20,21)(H,15,16,18). The molecule has 2 heterocycles. The van der Waals surface area contributed by atoms with Crippen molar-refractivity contribution in [3.05, 3.63) is 52.8 Å². The van der Waals surface area contributed by atoms with Gasteiger partial charge in [0.15, 0.2) is 11.5 Å². The number of nitrogens with one attached hydrogen (secondary N) is 1. The molecule has 2 rings (SSSR count). The van der Waals surface area contributed by atoms with E-state index in [2.05, 4.69) is 15.3 Å². The third kappa shape index (κ3) is 3.72. The topological polar surface area (TPSA) is 114 Å². The number of anilines is 1. The molecule has 2 N–H and O–H groups in total. The number of aryl methyl sites for hydroxylation is 1. The molecule has 0 aliphatic rings. The molecule has 0 saturated heterocycles. The molecule has 0 unspecified atom stereocenters. The molecule has 2 aromatic heterocycles. The van der Waals surface area contributed by atoms with Gasteiger partial charge in [-0.3, -0.25) is 9.59 Å². The number of hydrogen-bond donors (Lipinski definition) is 2. The molecule has 0 saturated carbocycles. The Hall–Kier alpha value is -3.03. The van der Waals surface area contributed by atoms with Gasteiger partial charge >= 0.3 is 5.97 Å². The number of aromatic carboxylic acids is 1. The summed E-state index contributed by atoms with van der Waals surface area (Å²) in [6.07, 6.45) is 4.09. The Kier molecular flexibility index (Phi) is 4.39. The molecule has 108 valence electrons. The normalized spacial score (nSPS) is 10.1. The van der Waals surface area contributed by atoms with Crippen molar-refractivity contribution in [1.82, 2.24) is 14.5 Å². The fourth-order valence-corrected chi connectivity index (χ4v) is 1.65. The van der Waals surface area contributed by atoms with E-state index >= 15 is 0 Å². The van der Waals surface area contributed by atoms with E-state index in [1.807, 2.05) is 0 Å². The first-order chi connectivity index (χ1) is 10.1. The van der Waals surface area contributed by atoms with Crippen molar-refractivity contribution in [3.63, 3.8) is 0 Å². The summed E-state index contributed by atoms with van der Waals surface area (Å²) in [5.74, 6) is -1.85. The fraction of sp³-hybridized carbons (Fsp3) is 0.154. The molecule has 0 aromatic carbocycles. The van der Waals surface area contributed by atoms with Gasteiger partial charge in [-0.2, -0.15) is 0 Å². The van der Waals surface area contributed by atoms with Gasteiger partial charge in [0.25, 0.3) is 5.56 Å². The van der Waals surface area contributed by atoms with Crippen LogP contribution in [0.2, 0.25) is 0 Å². The van der Waals surface area contributed by atoms with Crippen LogP contribution in [0.25, 0.3) is 0 Å². The summed E-state index contributed by atoms with van der Waals surface area (Å²) in [6, 6.07) is 4.69. The maximum atomic E-state index is 11.8. The summed E-state index contributed by atoms with van der Waals surface area (Å²) in [6.45, 7) is 0.189. The second-order valence-electron chi connectivity index (χ2n) is 4.09. The molecule has 8 heteroatoms. The number of pyridine rings is 1. The van der Waals surface area contributed by atoms with Gasteiger partial charge in [-0.25, -0.2) is 14.8 Å². The van der Waals surface area contributed by atoms with Crippen molar-refractivity contribution in [2.75, 3.05) is 5.32 Å². The molecule has 0 aliphatic heterocycles. The van der Waals surface area contributed by atoms with Crippen LogP contribution in [0, 0.1) is 0 Å². The Morgan fingerprint density at radius 3 is 2.71 bits per heavy atom. The van der Waals surface area contributed by atoms with Gasteiger partial charge in [-0.15, -0.1) is 0 Å². The first-order valence-electron chi connectivity index (χ1n) is 6.07. The average Bonchev–Trinajstić information content (AvgIpc) is 2.47. The predicted molar refractivity (Wildman–Crippen MR) is 72.9 cm³/mol. The third-order valence-electron chi connectivity index (χ3n) is 2.64. The van der Waals surface area contributed by atoms with Crippen molar-refractivity contribution >= 4 is 17.7 Å². The molecular formula is C13H12N4O4. The minimum absolute atomic E-state index is 0.0134. The van der Waals surface area contributed by atoms with Crippen LogP contribution in [-0.4, -0.2) is 31.5 Å². The molecule has 8 nitrogen and oxygen atoms in total. The van der Waals surface area contributed by atoms with Crippen molar-refractivity contribution in [2.24, 2.45) is 0 Å². The van der Waals surface area contributed by atoms with E-state index in [0.717, 1.165) is 0 Å². The van der Waals surface area contributed by atoms with Gasteiger partial charge in [0.05, 0.1) is 0 Å². The molecule has 0 atom stereocenters. The number of carbonyl (C=O) groups excluding carboxylic acids is 1. The lowest BCUT2D eigenvalue weighted by Gasteiger charge is -2.07. The molecule has 1 amide bonds. The van der Waals surface area contributed by atoms with E-state index in [1.165, 1.54) is 23.0 Å². The van der Waals surface area contributed by atoms with Crippen LogP contribution in [0.4, 0.5) is 5.82 Å². The minimum Gasteiger partial charge on any atom is -0.476 e. The number of carboxylic acid groups (broad SMARTS) is 1. The van der Waals surface area contributed by atoms with Crippen LogP contribution in [-0.2, 0) is 11.3 Å². The molecule has 0 radical (unpaired) electrons. The second kappa shape index (κ2) is 6.42. The van der Waals surface area contributed by atoms with Crippen molar-refractivity contribution < 1.29 is 14.7 Å². The maximum absolute atomic E-state index is 11.8. The van der Waals surface area contributed by atoms with Crippen molar-refractivity contribution in [3.8, 4) is 0 Å². The van der Waals surface area contributed by atoms with Gasteiger partial charge in [0.1, 0.15) is 0 Å². The van der Waals surface area contributed by atoms with E-state index in [-0.39, 0.29) is 30.0 Å². The third-order valence-corrected chi connectivity index (χ3v) is 2.64. The monoisotopic (exact) mass is 288 g/mol. The SMILES string of the molecule is O=C(CCn1ccccc1=O)Nc1nccnc1C(=O)O. The van der Waals surface area contributed by atoms with Crippen LogP contribution in [0.3, 0.4) is 0 Å². The Morgan fingerprint density at radius 1 is 1.24 bits per heavy atom. The number of carboxylic acids is 1. The Morgan fingerprint density at radius 2 is 2.00 bits per heavy atom. The molecule has 0 spiro atoms. The van der Waals surface area contributed by atoms with Crippen molar-refractivity contribution in [2.45, 2.75) is 13.0 Å². The van der Waals surface area contributed by atoms with Crippen LogP contribution < -0.4 is 10.9 Å². The van der Waals surface area contributed by atoms with Gasteiger partial charge < -0.3 is 15.0 Å². The lowest BCUT2D eigenvalue weighted by Crippen LogP contribution is -2.23. The molecule has 21 heavy (non-hydrogen) atoms. The number of nitrogens with zero attached hydrogens (tertiary/aromatic N) is 3. The van der Waals surface area contributed by atoms with Crippen LogP contribution >= 0.6 is 0 Å². The predicted octanol–water partition coefficient (Wildman–Crippen LogP) is 0.365. The van der Waals surface area contributed by atoms with E-state index in [4.69, 9.17) is 5.11 Å². The fourth-order valence-electron chi connectivity index (χ4n) is 1.65. The van der Waals surface area contributed by atoms with Crippen LogP contribution in [0.15, 0.2) is 41.6 Å². The smallest absolute Gasteiger partial charge is 0.358 e. The summed E-state index contributed by atoms with van der Waals surface area (Å²) in [4.78, 5) is 41.6. The highest BCUT2D eigenvalue weighted by atomic mass is 16.4. The summed E-state index contributed by atoms with van der Waals surface area (Å²) in [7, 11) is 0. The van der Waals surface area contributed by atoms with E-state index in [9.17, 15) is 14.4 Å². The van der Waals surface area contributed by atoms with Gasteiger partial charge in [0, 0.05) is 37.6 Å². The zero-order valence-electron chi connectivity index (χ0n) is 10.9. The van der Waals surface area contributed by atoms with Crippen LogP contribution in [0.1, 0.15) is 16.9 Å². The molecule has 0 fully saturated rings. The number of rotatable bonds is 5. The van der Waals surface area contributed by atoms with Crippen LogP contribution in [0.5, 0.6) is 0 Å². The average molecular weight is 288 g/mol. The first-order valence-corrected chi connectivity index (χ1v) is 6.07. The van der Waals surface area contributed by atoms with E-state index in [0.29, 0.717) is 0 Å². The Balaban J connectivity index is 2.01. The lowest BCUT2D eigenvalue weighted by molar-refractivity contribution is -0.116. The second-order valence-corrected chi connectivity index (χ2v) is 4.09. The van der Waals surface area contributed by atoms with Crippen molar-refractivity contribution in [1.29, 1.82) is 0 Å². The number of amides is 1. The highest BCUT2D eigenvalue weighted by molar-refractivity contribution is 5.97. The summed E-state index contributed by atoms with van der Waals surface area (Å²) in [5, 5.41) is 11.3. The van der Waals surface area contributed by atoms with E-state index < -0.39 is 11.9 Å². The van der Waals surface area contributed by atoms with Gasteiger partial charge in [-0.05, 0) is 6.07 Å². The Labute approximate surface area is 119 Å². The highest BCUT2D eigenvalue weighted by Gasteiger charge is 2.14. The summed E-state index contributed by atoms with van der Waals surface area (Å²) in [5.41, 5.74) is -0.543. The quantitative estimate of drug-likeness (QED) is 0.821. The summed E-state index contributed by atoms with van der Waals surface area (Å²) < 4.78 is 1.38. The zero-order chi connectivity index (χ0) is 15.2. The van der Waals surface area contributed by atoms with Gasteiger partial charge in [-0.1, -0.05) is 6.07 Å². The lowest BCUT2D eigenvalue weighted by atomic mass is 10.3. The van der Waals surface area contributed by atoms with Gasteiger partial charge in [0.2, 0.25) is 5.91 Å². The molecule has 0 bridgehead atoms. The maximum Gasteiger partial charge on any atom is 0.358 e. The number of carbonyl (C=O) groups is 2. The molecule has 0 aliphatic carbocycles. The minimum atomic E-state index is -1.28. The number of hydrogen-bond acceptors (Lipinski definition) is 5. The zero-order valence-corrected chi connectivity index (χ0v) is 10.9. The highest BCUT2D eigenvalue weighted by Crippen LogP contribution is 2.08. The first kappa shape index (κ1) is 14.4.